The number of hydrogen-bond donors (Lipinski definition) is 2. The molecule has 1 atom stereocenters. The number of aliphatic imine (C=N–C) groups is 1. The molecule has 2 heterocycles. The average Bonchev–Trinajstić information content (AvgIpc) is 3.08. The number of hydrogen-bond acceptors (Lipinski definition) is 6. The van der Waals surface area contributed by atoms with Crippen molar-refractivity contribution >= 4 is 29.2 Å². The number of allylic oxidation sites excluding steroid dienone is 2. The van der Waals surface area contributed by atoms with Crippen molar-refractivity contribution in [2.75, 3.05) is 32.5 Å². The van der Waals surface area contributed by atoms with Gasteiger partial charge in [0.2, 0.25) is 11.9 Å². The van der Waals surface area contributed by atoms with Crippen molar-refractivity contribution in [3.8, 4) is 11.3 Å². The monoisotopic (exact) mass is 544 g/mol. The second-order valence-electron chi connectivity index (χ2n) is 9.84. The molecule has 39 heavy (non-hydrogen) atoms. The van der Waals surface area contributed by atoms with Gasteiger partial charge in [0.1, 0.15) is 5.82 Å². The van der Waals surface area contributed by atoms with Gasteiger partial charge in [-0.25, -0.2) is 14.4 Å². The van der Waals surface area contributed by atoms with Crippen molar-refractivity contribution in [2.45, 2.75) is 19.4 Å². The van der Waals surface area contributed by atoms with Crippen LogP contribution < -0.4 is 10.6 Å². The number of fused-ring (bicyclic) bond motifs is 3. The molecule has 0 spiro atoms. The number of nitrogens with one attached hydrogen (secondary N) is 2. The first-order valence-electron chi connectivity index (χ1n) is 12.9. The van der Waals surface area contributed by atoms with Gasteiger partial charge in [-0.15, -0.1) is 0 Å². The minimum atomic E-state index is -0.349. The molecular weight excluding hydrogens is 515 g/mol. The Hall–Kier alpha value is -3.88. The smallest absolute Gasteiger partial charge is 0.227 e. The van der Waals surface area contributed by atoms with Gasteiger partial charge in [0.25, 0.3) is 0 Å². The first kappa shape index (κ1) is 26.7. The molecule has 2 aromatic carbocycles. The van der Waals surface area contributed by atoms with Gasteiger partial charge in [0.05, 0.1) is 23.9 Å². The Morgan fingerprint density at radius 3 is 2.77 bits per heavy atom. The van der Waals surface area contributed by atoms with Crippen LogP contribution in [0.3, 0.4) is 0 Å². The molecule has 2 aliphatic rings. The fourth-order valence-corrected chi connectivity index (χ4v) is 4.81. The highest BCUT2D eigenvalue weighted by molar-refractivity contribution is 6.31. The number of aromatic nitrogens is 2. The normalized spacial score (nSPS) is 16.1. The number of carbonyl (C=O) groups excluding carboxylic acids is 1. The minimum Gasteiger partial charge on any atom is -0.356 e. The number of nitrogens with zero attached hydrogens (tertiary/aromatic N) is 4. The van der Waals surface area contributed by atoms with Crippen LogP contribution in [0.2, 0.25) is 5.02 Å². The molecule has 0 bridgehead atoms. The Bertz CT molecular complexity index is 1480. The van der Waals surface area contributed by atoms with Gasteiger partial charge in [-0.3, -0.25) is 9.79 Å². The van der Waals surface area contributed by atoms with Crippen LogP contribution in [0.15, 0.2) is 77.6 Å². The lowest BCUT2D eigenvalue weighted by molar-refractivity contribution is -0.123. The molecule has 1 aromatic heterocycles. The minimum absolute atomic E-state index is 0.0301. The maximum absolute atomic E-state index is 14.7. The highest BCUT2D eigenvalue weighted by atomic mass is 35.5. The molecule has 1 aliphatic heterocycles. The van der Waals surface area contributed by atoms with E-state index in [1.807, 2.05) is 38.4 Å². The van der Waals surface area contributed by atoms with Crippen molar-refractivity contribution < 1.29 is 9.18 Å². The summed E-state index contributed by atoms with van der Waals surface area (Å²) in [6, 6.07) is 12.1. The molecule has 1 unspecified atom stereocenters. The number of carbonyl (C=O) groups is 1. The van der Waals surface area contributed by atoms with Gasteiger partial charge in [0.15, 0.2) is 0 Å². The highest BCUT2D eigenvalue weighted by Crippen LogP contribution is 2.34. The van der Waals surface area contributed by atoms with E-state index in [4.69, 9.17) is 21.6 Å². The summed E-state index contributed by atoms with van der Waals surface area (Å²) in [6.45, 7) is 1.90. The van der Waals surface area contributed by atoms with Crippen molar-refractivity contribution in [3.05, 3.63) is 100 Å². The molecule has 5 rings (SSSR count). The van der Waals surface area contributed by atoms with Crippen molar-refractivity contribution in [1.29, 1.82) is 0 Å². The van der Waals surface area contributed by atoms with E-state index in [1.54, 1.807) is 36.5 Å². The molecule has 1 amide bonds. The van der Waals surface area contributed by atoms with Gasteiger partial charge in [-0.1, -0.05) is 42.0 Å². The maximum atomic E-state index is 14.7. The van der Waals surface area contributed by atoms with Crippen LogP contribution in [-0.4, -0.2) is 53.7 Å². The fourth-order valence-electron chi connectivity index (χ4n) is 4.64. The summed E-state index contributed by atoms with van der Waals surface area (Å²) >= 11 is 6.35. The number of amides is 1. The Balaban J connectivity index is 1.33. The summed E-state index contributed by atoms with van der Waals surface area (Å²) in [5.41, 5.74) is 4.82. The molecule has 9 heteroatoms. The summed E-state index contributed by atoms with van der Waals surface area (Å²) in [5, 5.41) is 6.80. The Labute approximate surface area is 232 Å². The van der Waals surface area contributed by atoms with E-state index in [-0.39, 0.29) is 17.6 Å². The molecule has 0 saturated heterocycles. The van der Waals surface area contributed by atoms with E-state index >= 15 is 0 Å². The molecule has 0 saturated carbocycles. The third kappa shape index (κ3) is 6.24. The average molecular weight is 545 g/mol. The second-order valence-corrected chi connectivity index (χ2v) is 10.3. The Morgan fingerprint density at radius 2 is 2.00 bits per heavy atom. The summed E-state index contributed by atoms with van der Waals surface area (Å²) in [5.74, 6) is -0.0967. The third-order valence-electron chi connectivity index (χ3n) is 6.67. The number of rotatable bonds is 8. The lowest BCUT2D eigenvalue weighted by atomic mass is 9.95. The van der Waals surface area contributed by atoms with E-state index in [9.17, 15) is 9.18 Å². The molecule has 0 fully saturated rings. The van der Waals surface area contributed by atoms with E-state index in [0.29, 0.717) is 53.0 Å². The number of anilines is 1. The lowest BCUT2D eigenvalue weighted by Gasteiger charge is -2.17. The van der Waals surface area contributed by atoms with Gasteiger partial charge in [-0.2, -0.15) is 0 Å². The zero-order valence-corrected chi connectivity index (χ0v) is 22.7. The Kier molecular flexibility index (Phi) is 8.14. The molecule has 2 N–H and O–H groups in total. The molecular formula is C30H30ClFN6O. The van der Waals surface area contributed by atoms with Crippen LogP contribution >= 0.6 is 11.6 Å². The van der Waals surface area contributed by atoms with E-state index in [2.05, 4.69) is 20.5 Å². The van der Waals surface area contributed by atoms with Crippen LogP contribution in [-0.2, 0) is 11.3 Å². The van der Waals surface area contributed by atoms with Crippen molar-refractivity contribution in [1.82, 2.24) is 20.2 Å². The molecule has 3 aromatic rings. The predicted octanol–water partition coefficient (Wildman–Crippen LogP) is 5.23. The summed E-state index contributed by atoms with van der Waals surface area (Å²) < 4.78 is 14.7. The van der Waals surface area contributed by atoms with Crippen LogP contribution in [0.4, 0.5) is 10.3 Å². The van der Waals surface area contributed by atoms with Crippen molar-refractivity contribution in [2.24, 2.45) is 10.9 Å². The topological polar surface area (TPSA) is 82.5 Å². The first-order chi connectivity index (χ1) is 18.9. The zero-order chi connectivity index (χ0) is 27.4. The second kappa shape index (κ2) is 11.9. The van der Waals surface area contributed by atoms with Crippen LogP contribution in [0.1, 0.15) is 29.5 Å². The summed E-state index contributed by atoms with van der Waals surface area (Å²) in [4.78, 5) is 28.7. The van der Waals surface area contributed by atoms with E-state index in [1.165, 1.54) is 6.07 Å². The number of halogens is 2. The van der Waals surface area contributed by atoms with Gasteiger partial charge in [0, 0.05) is 45.7 Å². The highest BCUT2D eigenvalue weighted by Gasteiger charge is 2.23. The number of benzene rings is 2. The zero-order valence-electron chi connectivity index (χ0n) is 21.9. The predicted molar refractivity (Wildman–Crippen MR) is 153 cm³/mol. The molecule has 1 aliphatic carbocycles. The van der Waals surface area contributed by atoms with E-state index in [0.717, 1.165) is 29.8 Å². The van der Waals surface area contributed by atoms with Gasteiger partial charge >= 0.3 is 0 Å². The SMILES string of the molecule is CN(C)CCCNC(=O)C1C=CC(Nc2ncc3c(n2)-c2ccc(Cl)cc2C(c2ccccc2F)=NC3)=CC1. The third-order valence-corrected chi connectivity index (χ3v) is 6.90. The Morgan fingerprint density at radius 1 is 1.15 bits per heavy atom. The van der Waals surface area contributed by atoms with Gasteiger partial charge in [-0.05, 0) is 63.8 Å². The first-order valence-corrected chi connectivity index (χ1v) is 13.3. The summed E-state index contributed by atoms with van der Waals surface area (Å²) in [6.07, 6.45) is 9.01. The quantitative estimate of drug-likeness (QED) is 0.380. The fraction of sp³-hybridized carbons (Fsp3) is 0.267. The summed E-state index contributed by atoms with van der Waals surface area (Å²) in [7, 11) is 4.04. The van der Waals surface area contributed by atoms with Crippen molar-refractivity contribution in [3.63, 3.8) is 0 Å². The molecule has 7 nitrogen and oxygen atoms in total. The molecule has 200 valence electrons. The standard InChI is InChI=1S/C30H30ClFN6O/c1-38(2)15-5-14-33-29(39)19-8-11-22(12-9-19)36-30-35-18-20-17-34-28(24-6-3-4-7-26(24)32)25-16-21(31)10-13-23(25)27(20)37-30/h3-4,6-8,10-13,16,18-19H,5,9,14-15,17H2,1-2H3,(H,33,39)(H,35,36,37). The maximum Gasteiger partial charge on any atom is 0.227 e. The van der Waals surface area contributed by atoms with Crippen LogP contribution in [0.5, 0.6) is 0 Å². The lowest BCUT2D eigenvalue weighted by Crippen LogP contribution is -2.32. The van der Waals surface area contributed by atoms with E-state index < -0.39 is 0 Å². The van der Waals surface area contributed by atoms with Crippen LogP contribution in [0, 0.1) is 11.7 Å². The van der Waals surface area contributed by atoms with Crippen LogP contribution in [0.25, 0.3) is 11.3 Å². The largest absolute Gasteiger partial charge is 0.356 e. The van der Waals surface area contributed by atoms with Gasteiger partial charge < -0.3 is 15.5 Å². The molecule has 0 radical (unpaired) electrons.